The van der Waals surface area contributed by atoms with Crippen LogP contribution in [0.1, 0.15) is 33.6 Å². The van der Waals surface area contributed by atoms with Crippen LogP contribution < -0.4 is 10.2 Å². The lowest BCUT2D eigenvalue weighted by Gasteiger charge is -2.18. The van der Waals surface area contributed by atoms with Gasteiger partial charge in [0, 0.05) is 18.7 Å². The monoisotopic (exact) mass is 396 g/mol. The predicted octanol–water partition coefficient (Wildman–Crippen LogP) is 2.40. The molecule has 8 nitrogen and oxygen atoms in total. The first-order chi connectivity index (χ1) is 14.0. The van der Waals surface area contributed by atoms with E-state index in [1.54, 1.807) is 41.3 Å². The third-order valence-electron chi connectivity index (χ3n) is 4.41. The molecule has 1 saturated heterocycles. The first-order valence-electron chi connectivity index (χ1n) is 9.04. The highest BCUT2D eigenvalue weighted by Crippen LogP contribution is 2.26. The molecule has 2 amide bonds. The lowest BCUT2D eigenvalue weighted by molar-refractivity contribution is -0.119. The predicted molar refractivity (Wildman–Crippen MR) is 105 cm³/mol. The molecule has 8 heteroatoms. The summed E-state index contributed by atoms with van der Waals surface area (Å²) in [5.41, 5.74) is 1.52. The van der Waals surface area contributed by atoms with Crippen LogP contribution in [0, 0.1) is 0 Å². The van der Waals surface area contributed by atoms with Crippen LogP contribution in [0.5, 0.6) is 0 Å². The smallest absolute Gasteiger partial charge is 0.340 e. The Morgan fingerprint density at radius 1 is 1.03 bits per heavy atom. The Kier molecular flexibility index (Phi) is 6.23. The van der Waals surface area contributed by atoms with E-state index in [0.717, 1.165) is 6.42 Å². The summed E-state index contributed by atoms with van der Waals surface area (Å²) in [4.78, 5) is 49.5. The molecule has 0 spiro atoms. The lowest BCUT2D eigenvalue weighted by atomic mass is 10.1. The van der Waals surface area contributed by atoms with E-state index >= 15 is 0 Å². The van der Waals surface area contributed by atoms with E-state index in [-0.39, 0.29) is 11.5 Å². The number of carbonyl (C=O) groups is 4. The minimum absolute atomic E-state index is 0.0432. The van der Waals surface area contributed by atoms with Crippen LogP contribution in [-0.2, 0) is 19.1 Å². The van der Waals surface area contributed by atoms with Gasteiger partial charge in [0.15, 0.2) is 6.61 Å². The first kappa shape index (κ1) is 20.1. The van der Waals surface area contributed by atoms with Crippen LogP contribution in [0.15, 0.2) is 48.5 Å². The van der Waals surface area contributed by atoms with Gasteiger partial charge in [-0.1, -0.05) is 12.1 Å². The fraction of sp³-hybridized carbons (Fsp3) is 0.238. The van der Waals surface area contributed by atoms with Crippen molar-refractivity contribution in [3.63, 3.8) is 0 Å². The van der Waals surface area contributed by atoms with Crippen molar-refractivity contribution in [2.75, 3.05) is 30.5 Å². The minimum Gasteiger partial charge on any atom is -0.465 e. The normalized spacial score (nSPS) is 13.1. The molecule has 1 fully saturated rings. The molecule has 0 radical (unpaired) electrons. The van der Waals surface area contributed by atoms with Crippen molar-refractivity contribution in [3.05, 3.63) is 59.7 Å². The molecule has 0 aromatic heterocycles. The number of ether oxygens (including phenoxy) is 2. The Morgan fingerprint density at radius 3 is 2.41 bits per heavy atom. The highest BCUT2D eigenvalue weighted by atomic mass is 16.5. The molecule has 1 aliphatic rings. The zero-order chi connectivity index (χ0) is 20.8. The molecule has 29 heavy (non-hydrogen) atoms. The number of carbonyl (C=O) groups excluding carboxylic acids is 4. The van der Waals surface area contributed by atoms with E-state index in [2.05, 4.69) is 10.1 Å². The number of nitrogens with zero attached hydrogens (tertiary/aromatic N) is 1. The number of amides is 2. The lowest BCUT2D eigenvalue weighted by Crippen LogP contribution is -2.27. The van der Waals surface area contributed by atoms with Gasteiger partial charge in [0.1, 0.15) is 0 Å². The van der Waals surface area contributed by atoms with E-state index in [4.69, 9.17) is 4.74 Å². The number of hydrogen-bond acceptors (Lipinski definition) is 6. The van der Waals surface area contributed by atoms with Crippen molar-refractivity contribution < 1.29 is 28.7 Å². The third-order valence-corrected chi connectivity index (χ3v) is 4.41. The largest absolute Gasteiger partial charge is 0.465 e. The number of hydrogen-bond donors (Lipinski definition) is 1. The van der Waals surface area contributed by atoms with Gasteiger partial charge < -0.3 is 19.7 Å². The van der Waals surface area contributed by atoms with Crippen molar-refractivity contribution in [2.45, 2.75) is 12.8 Å². The van der Waals surface area contributed by atoms with Crippen LogP contribution in [0.4, 0.5) is 11.4 Å². The van der Waals surface area contributed by atoms with Gasteiger partial charge in [-0.2, -0.15) is 0 Å². The van der Waals surface area contributed by atoms with Gasteiger partial charge in [0.2, 0.25) is 5.91 Å². The van der Waals surface area contributed by atoms with Gasteiger partial charge >= 0.3 is 11.9 Å². The van der Waals surface area contributed by atoms with Crippen LogP contribution in [0.25, 0.3) is 0 Å². The summed E-state index contributed by atoms with van der Waals surface area (Å²) >= 11 is 0. The van der Waals surface area contributed by atoms with Crippen molar-refractivity contribution in [3.8, 4) is 0 Å². The molecule has 1 aliphatic heterocycles. The van der Waals surface area contributed by atoms with Crippen LogP contribution in [0.2, 0.25) is 0 Å². The quantitative estimate of drug-likeness (QED) is 0.753. The molecular formula is C21H20N2O6. The van der Waals surface area contributed by atoms with Gasteiger partial charge in [-0.15, -0.1) is 0 Å². The second kappa shape index (κ2) is 9.01. The number of esters is 2. The highest BCUT2D eigenvalue weighted by molar-refractivity contribution is 6.04. The summed E-state index contributed by atoms with van der Waals surface area (Å²) in [5.74, 6) is -1.74. The molecule has 0 saturated carbocycles. The van der Waals surface area contributed by atoms with Crippen molar-refractivity contribution in [1.82, 2.24) is 0 Å². The number of anilines is 2. The molecular weight excluding hydrogens is 376 g/mol. The average Bonchev–Trinajstić information content (AvgIpc) is 3.17. The second-order valence-corrected chi connectivity index (χ2v) is 6.36. The maximum absolute atomic E-state index is 12.4. The SMILES string of the molecule is COC(=O)c1ccc(NC(=O)COC(=O)c2ccccc2N2CCCC2=O)cc1. The number of rotatable bonds is 6. The summed E-state index contributed by atoms with van der Waals surface area (Å²) in [6.07, 6.45) is 1.18. The number of para-hydroxylation sites is 1. The third kappa shape index (κ3) is 4.78. The average molecular weight is 396 g/mol. The van der Waals surface area contributed by atoms with E-state index in [1.165, 1.54) is 19.2 Å². The molecule has 0 aliphatic carbocycles. The Balaban J connectivity index is 1.59. The second-order valence-electron chi connectivity index (χ2n) is 6.36. The maximum Gasteiger partial charge on any atom is 0.340 e. The van der Waals surface area contributed by atoms with E-state index in [1.807, 2.05) is 0 Å². The fourth-order valence-corrected chi connectivity index (χ4v) is 3.00. The molecule has 1 heterocycles. The summed E-state index contributed by atoms with van der Waals surface area (Å²) < 4.78 is 9.72. The van der Waals surface area contributed by atoms with Gasteiger partial charge in [0.05, 0.1) is 23.9 Å². The summed E-state index contributed by atoms with van der Waals surface area (Å²) in [5, 5.41) is 2.58. The number of nitrogens with one attached hydrogen (secondary N) is 1. The molecule has 2 aromatic carbocycles. The Morgan fingerprint density at radius 2 is 1.76 bits per heavy atom. The van der Waals surface area contributed by atoms with Gasteiger partial charge in [-0.3, -0.25) is 9.59 Å². The summed E-state index contributed by atoms with van der Waals surface area (Å²) in [6, 6.07) is 12.8. The minimum atomic E-state index is -0.684. The van der Waals surface area contributed by atoms with Crippen LogP contribution >= 0.6 is 0 Å². The zero-order valence-electron chi connectivity index (χ0n) is 15.8. The topological polar surface area (TPSA) is 102 Å². The summed E-state index contributed by atoms with van der Waals surface area (Å²) in [6.45, 7) is 0.0606. The van der Waals surface area contributed by atoms with Gasteiger partial charge in [-0.25, -0.2) is 9.59 Å². The number of benzene rings is 2. The zero-order valence-corrected chi connectivity index (χ0v) is 15.8. The van der Waals surface area contributed by atoms with Crippen molar-refractivity contribution >= 4 is 35.1 Å². The summed E-state index contributed by atoms with van der Waals surface area (Å²) in [7, 11) is 1.28. The molecule has 150 valence electrons. The number of methoxy groups -OCH3 is 1. The fourth-order valence-electron chi connectivity index (χ4n) is 3.00. The van der Waals surface area contributed by atoms with Gasteiger partial charge in [-0.05, 0) is 42.8 Å². The molecule has 0 unspecified atom stereocenters. The molecule has 0 bridgehead atoms. The molecule has 3 rings (SSSR count). The van der Waals surface area contributed by atoms with Crippen molar-refractivity contribution in [2.24, 2.45) is 0 Å². The highest BCUT2D eigenvalue weighted by Gasteiger charge is 2.26. The van der Waals surface area contributed by atoms with Gasteiger partial charge in [0.25, 0.3) is 5.91 Å². The molecule has 2 aromatic rings. The van der Waals surface area contributed by atoms with Crippen LogP contribution in [-0.4, -0.2) is 44.0 Å². The standard InChI is InChI=1S/C21H20N2O6/c1-28-20(26)14-8-10-15(11-9-14)22-18(24)13-29-21(27)16-5-2-3-6-17(16)23-12-4-7-19(23)25/h2-3,5-6,8-11H,4,7,12-13H2,1H3,(H,22,24). The maximum atomic E-state index is 12.4. The van der Waals surface area contributed by atoms with E-state index in [9.17, 15) is 19.2 Å². The van der Waals surface area contributed by atoms with Crippen LogP contribution in [0.3, 0.4) is 0 Å². The molecule has 1 N–H and O–H groups in total. The Hall–Kier alpha value is -3.68. The first-order valence-corrected chi connectivity index (χ1v) is 9.04. The van der Waals surface area contributed by atoms with Crippen molar-refractivity contribution in [1.29, 1.82) is 0 Å². The Bertz CT molecular complexity index is 938. The Labute approximate surface area is 167 Å². The van der Waals surface area contributed by atoms with E-state index < -0.39 is 24.5 Å². The van der Waals surface area contributed by atoms with E-state index in [0.29, 0.717) is 29.9 Å². The molecule has 0 atom stereocenters.